The molecule has 2 aliphatic rings. The summed E-state index contributed by atoms with van der Waals surface area (Å²) in [6, 6.07) is 2.08. The topological polar surface area (TPSA) is 25.2 Å². The molecule has 1 aromatic heterocycles. The molecule has 2 nitrogen and oxygen atoms in total. The number of hydrogen-bond acceptors (Lipinski definition) is 1. The highest BCUT2D eigenvalue weighted by atomic mass is 16.3. The van der Waals surface area contributed by atoms with E-state index in [1.54, 1.807) is 0 Å². The minimum atomic E-state index is -0.314. The zero-order valence-corrected chi connectivity index (χ0v) is 11.5. The third kappa shape index (κ3) is 2.23. The number of nitrogens with zero attached hydrogens (tertiary/aromatic N) is 1. The van der Waals surface area contributed by atoms with E-state index in [0.29, 0.717) is 5.92 Å². The molecule has 2 aliphatic carbocycles. The van der Waals surface area contributed by atoms with Crippen molar-refractivity contribution in [1.29, 1.82) is 0 Å². The molecule has 0 radical (unpaired) electrons. The van der Waals surface area contributed by atoms with Crippen molar-refractivity contribution in [3.63, 3.8) is 0 Å². The monoisotopic (exact) mass is 247 g/mol. The van der Waals surface area contributed by atoms with Crippen LogP contribution in [0.1, 0.15) is 51.2 Å². The molecule has 0 aromatic carbocycles. The second-order valence-corrected chi connectivity index (χ2v) is 6.77. The molecule has 4 atom stereocenters. The Morgan fingerprint density at radius 1 is 1.33 bits per heavy atom. The maximum absolute atomic E-state index is 10.1. The summed E-state index contributed by atoms with van der Waals surface area (Å²) in [6.07, 6.45) is 9.83. The predicted octanol–water partition coefficient (Wildman–Crippen LogP) is 3.61. The number of aliphatic hydroxyl groups excluding tert-OH is 1. The standard InChI is InChI=1S/C16H25NO/c1-11(2)16(18)14-5-6-17(9-14)10-15-8-12-3-4-13(15)7-12/h5-6,9,11-13,15-16,18H,3-4,7-8,10H2,1-2H3. The summed E-state index contributed by atoms with van der Waals surface area (Å²) in [4.78, 5) is 0. The van der Waals surface area contributed by atoms with Crippen molar-refractivity contribution in [2.45, 2.75) is 52.2 Å². The molecule has 0 spiro atoms. The van der Waals surface area contributed by atoms with E-state index in [4.69, 9.17) is 0 Å². The number of aliphatic hydroxyl groups is 1. The molecule has 0 saturated heterocycles. The van der Waals surface area contributed by atoms with Crippen molar-refractivity contribution in [3.05, 3.63) is 24.0 Å². The first-order valence-corrected chi connectivity index (χ1v) is 7.47. The Balaban J connectivity index is 1.64. The minimum Gasteiger partial charge on any atom is -0.388 e. The van der Waals surface area contributed by atoms with Gasteiger partial charge in [-0.3, -0.25) is 0 Å². The summed E-state index contributed by atoms with van der Waals surface area (Å²) < 4.78 is 2.30. The van der Waals surface area contributed by atoms with E-state index in [-0.39, 0.29) is 6.10 Å². The van der Waals surface area contributed by atoms with Gasteiger partial charge in [0, 0.05) is 18.9 Å². The first-order valence-electron chi connectivity index (χ1n) is 7.47. The van der Waals surface area contributed by atoms with Gasteiger partial charge in [0.2, 0.25) is 0 Å². The molecule has 4 unspecified atom stereocenters. The van der Waals surface area contributed by atoms with E-state index in [0.717, 1.165) is 29.9 Å². The van der Waals surface area contributed by atoms with Gasteiger partial charge >= 0.3 is 0 Å². The Hall–Kier alpha value is -0.760. The second-order valence-electron chi connectivity index (χ2n) is 6.77. The quantitative estimate of drug-likeness (QED) is 0.864. The molecule has 3 rings (SSSR count). The van der Waals surface area contributed by atoms with E-state index in [2.05, 4.69) is 36.9 Å². The normalized spacial score (nSPS) is 32.3. The van der Waals surface area contributed by atoms with Crippen LogP contribution in [0.15, 0.2) is 18.5 Å². The highest BCUT2D eigenvalue weighted by Gasteiger charge is 2.39. The third-order valence-electron chi connectivity index (χ3n) is 5.08. The lowest BCUT2D eigenvalue weighted by atomic mass is 9.89. The van der Waals surface area contributed by atoms with Gasteiger partial charge in [0.15, 0.2) is 0 Å². The van der Waals surface area contributed by atoms with Gasteiger partial charge in [0.05, 0.1) is 6.10 Å². The molecular weight excluding hydrogens is 222 g/mol. The van der Waals surface area contributed by atoms with Gasteiger partial charge in [0.25, 0.3) is 0 Å². The number of hydrogen-bond donors (Lipinski definition) is 1. The Morgan fingerprint density at radius 2 is 2.17 bits per heavy atom. The molecular formula is C16H25NO. The molecule has 2 bridgehead atoms. The molecule has 100 valence electrons. The Morgan fingerprint density at radius 3 is 2.78 bits per heavy atom. The van der Waals surface area contributed by atoms with Crippen molar-refractivity contribution < 1.29 is 5.11 Å². The summed E-state index contributed by atoms with van der Waals surface area (Å²) in [5.41, 5.74) is 1.08. The lowest BCUT2D eigenvalue weighted by Gasteiger charge is -2.22. The fraction of sp³-hybridized carbons (Fsp3) is 0.750. The molecule has 0 amide bonds. The molecule has 2 saturated carbocycles. The first kappa shape index (κ1) is 12.3. The minimum absolute atomic E-state index is 0.295. The van der Waals surface area contributed by atoms with Gasteiger partial charge in [-0.15, -0.1) is 0 Å². The van der Waals surface area contributed by atoms with Crippen molar-refractivity contribution >= 4 is 0 Å². The zero-order valence-electron chi connectivity index (χ0n) is 11.5. The fourth-order valence-corrected chi connectivity index (χ4v) is 4.00. The van der Waals surface area contributed by atoms with Crippen LogP contribution in [0.5, 0.6) is 0 Å². The van der Waals surface area contributed by atoms with Crippen LogP contribution in [0, 0.1) is 23.7 Å². The molecule has 1 N–H and O–H groups in total. The lowest BCUT2D eigenvalue weighted by molar-refractivity contribution is 0.127. The van der Waals surface area contributed by atoms with Crippen molar-refractivity contribution in [2.75, 3.05) is 0 Å². The lowest BCUT2D eigenvalue weighted by Crippen LogP contribution is -2.16. The van der Waals surface area contributed by atoms with E-state index in [1.165, 1.54) is 25.7 Å². The molecule has 0 aliphatic heterocycles. The number of fused-ring (bicyclic) bond motifs is 2. The molecule has 2 heteroatoms. The average molecular weight is 247 g/mol. The van der Waals surface area contributed by atoms with Gasteiger partial charge in [-0.25, -0.2) is 0 Å². The van der Waals surface area contributed by atoms with Crippen LogP contribution in [0.3, 0.4) is 0 Å². The summed E-state index contributed by atoms with van der Waals surface area (Å²) >= 11 is 0. The van der Waals surface area contributed by atoms with Crippen LogP contribution < -0.4 is 0 Å². The molecule has 1 heterocycles. The molecule has 18 heavy (non-hydrogen) atoms. The van der Waals surface area contributed by atoms with E-state index < -0.39 is 0 Å². The van der Waals surface area contributed by atoms with Gasteiger partial charge < -0.3 is 9.67 Å². The smallest absolute Gasteiger partial charge is 0.0827 e. The Kier molecular flexibility index (Phi) is 3.23. The van der Waals surface area contributed by atoms with E-state index in [1.807, 2.05) is 0 Å². The van der Waals surface area contributed by atoms with Gasteiger partial charge in [-0.1, -0.05) is 20.3 Å². The van der Waals surface area contributed by atoms with Gasteiger partial charge in [-0.05, 0) is 54.6 Å². The van der Waals surface area contributed by atoms with Crippen molar-refractivity contribution in [2.24, 2.45) is 23.7 Å². The maximum Gasteiger partial charge on any atom is 0.0827 e. The summed E-state index contributed by atoms with van der Waals surface area (Å²) in [5.74, 6) is 3.19. The predicted molar refractivity (Wildman–Crippen MR) is 73.2 cm³/mol. The maximum atomic E-state index is 10.1. The van der Waals surface area contributed by atoms with Gasteiger partial charge in [-0.2, -0.15) is 0 Å². The first-order chi connectivity index (χ1) is 8.63. The van der Waals surface area contributed by atoms with Crippen LogP contribution in [0.25, 0.3) is 0 Å². The SMILES string of the molecule is CC(C)C(O)c1ccn(CC2CC3CCC2C3)c1. The van der Waals surface area contributed by atoms with Crippen molar-refractivity contribution in [1.82, 2.24) is 4.57 Å². The second kappa shape index (κ2) is 4.73. The third-order valence-corrected chi connectivity index (χ3v) is 5.08. The largest absolute Gasteiger partial charge is 0.388 e. The molecule has 2 fully saturated rings. The zero-order chi connectivity index (χ0) is 12.7. The highest BCUT2D eigenvalue weighted by Crippen LogP contribution is 2.48. The van der Waals surface area contributed by atoms with E-state index >= 15 is 0 Å². The fourth-order valence-electron chi connectivity index (χ4n) is 4.00. The molecule has 1 aromatic rings. The summed E-state index contributed by atoms with van der Waals surface area (Å²) in [6.45, 7) is 5.29. The summed E-state index contributed by atoms with van der Waals surface area (Å²) in [5, 5.41) is 10.1. The van der Waals surface area contributed by atoms with Gasteiger partial charge in [0.1, 0.15) is 0 Å². The van der Waals surface area contributed by atoms with Crippen LogP contribution in [-0.4, -0.2) is 9.67 Å². The van der Waals surface area contributed by atoms with Crippen LogP contribution in [-0.2, 0) is 6.54 Å². The number of rotatable bonds is 4. The average Bonchev–Trinajstić information content (AvgIpc) is 3.03. The van der Waals surface area contributed by atoms with E-state index in [9.17, 15) is 5.11 Å². The van der Waals surface area contributed by atoms with Crippen molar-refractivity contribution in [3.8, 4) is 0 Å². The number of aromatic nitrogens is 1. The van der Waals surface area contributed by atoms with Crippen LogP contribution in [0.2, 0.25) is 0 Å². The Bertz CT molecular complexity index is 409. The highest BCUT2D eigenvalue weighted by molar-refractivity contribution is 5.14. The van der Waals surface area contributed by atoms with Crippen LogP contribution in [0.4, 0.5) is 0 Å². The Labute approximate surface area is 110 Å². The van der Waals surface area contributed by atoms with Crippen LogP contribution >= 0.6 is 0 Å². The summed E-state index contributed by atoms with van der Waals surface area (Å²) in [7, 11) is 0.